The fraction of sp³-hybridized carbons (Fsp3) is 0.679. The van der Waals surface area contributed by atoms with Gasteiger partial charge >= 0.3 is 13.8 Å². The molecule has 0 radical (unpaired) electrons. The lowest BCUT2D eigenvalue weighted by Crippen LogP contribution is -2.64. The summed E-state index contributed by atoms with van der Waals surface area (Å²) in [5, 5.41) is 50.3. The molecule has 6 N–H and O–H groups in total. The third kappa shape index (κ3) is 33.7. The first-order valence-electron chi connectivity index (χ1n) is 25.1. The molecule has 0 heterocycles. The standard InChI is InChI=1S/C53H89O12P/c1-3-5-7-9-11-13-15-17-19-21-22-23-24-25-26-27-28-30-32-34-36-38-40-42-47(54)64-46(45-63-66(60,61)65-53-51(58)49(56)48(55)50(57)52(53)59)44-62-43-41-39-37-35-33-31-29-20-18-16-14-12-10-8-6-4-2/h6,8,12,14-15,17-18,20-22,24-25,31,33,37,39,46,48-53,55-59H,3-5,7,9-11,13,16,19,23,26-30,32,34-36,38,40-45H2,1-2H3,(H,60,61)/b8-6-,14-12-,17-15-,20-18-,22-21-,25-24-,33-31-,39-37-. The van der Waals surface area contributed by atoms with E-state index in [2.05, 4.69) is 98.9 Å². The van der Waals surface area contributed by atoms with Crippen molar-refractivity contribution in [3.63, 3.8) is 0 Å². The van der Waals surface area contributed by atoms with Gasteiger partial charge in [-0.25, -0.2) is 4.57 Å². The van der Waals surface area contributed by atoms with Crippen molar-refractivity contribution in [3.8, 4) is 0 Å². The van der Waals surface area contributed by atoms with Gasteiger partial charge in [0.25, 0.3) is 0 Å². The Morgan fingerprint density at radius 2 is 0.894 bits per heavy atom. The Labute approximate surface area is 398 Å². The number of aliphatic hydroxyl groups is 5. The van der Waals surface area contributed by atoms with Crippen molar-refractivity contribution in [2.45, 2.75) is 211 Å². The maximum absolute atomic E-state index is 12.8. The first kappa shape index (κ1) is 61.3. The van der Waals surface area contributed by atoms with Gasteiger partial charge < -0.3 is 39.9 Å². The van der Waals surface area contributed by atoms with Crippen LogP contribution >= 0.6 is 7.82 Å². The maximum Gasteiger partial charge on any atom is 0.472 e. The van der Waals surface area contributed by atoms with E-state index in [9.17, 15) is 39.8 Å². The first-order valence-corrected chi connectivity index (χ1v) is 26.6. The Balaban J connectivity index is 2.40. The summed E-state index contributed by atoms with van der Waals surface area (Å²) >= 11 is 0. The Hall–Kier alpha value is -2.74. The molecule has 12 nitrogen and oxygen atoms in total. The molecule has 66 heavy (non-hydrogen) atoms. The van der Waals surface area contributed by atoms with Crippen LogP contribution in [0.15, 0.2) is 97.2 Å². The number of carbonyl (C=O) groups excluding carboxylic acids is 1. The molecule has 1 saturated carbocycles. The van der Waals surface area contributed by atoms with E-state index in [0.29, 0.717) is 12.8 Å². The Bertz CT molecular complexity index is 1450. The number of rotatable bonds is 41. The molecule has 0 aromatic rings. The molecule has 378 valence electrons. The van der Waals surface area contributed by atoms with Crippen LogP contribution in [0, 0.1) is 0 Å². The molecule has 1 rings (SSSR count). The molecular weight excluding hydrogens is 860 g/mol. The average Bonchev–Trinajstić information content (AvgIpc) is 3.30. The van der Waals surface area contributed by atoms with E-state index in [1.54, 1.807) is 0 Å². The first-order chi connectivity index (χ1) is 32.0. The lowest BCUT2D eigenvalue weighted by atomic mass is 9.85. The average molecular weight is 949 g/mol. The zero-order valence-corrected chi connectivity index (χ0v) is 41.3. The highest BCUT2D eigenvalue weighted by Crippen LogP contribution is 2.47. The van der Waals surface area contributed by atoms with Gasteiger partial charge in [-0.2, -0.15) is 0 Å². The number of ether oxygens (including phenoxy) is 2. The van der Waals surface area contributed by atoms with Crippen LogP contribution in [-0.2, 0) is 27.9 Å². The van der Waals surface area contributed by atoms with E-state index in [1.807, 2.05) is 12.2 Å². The van der Waals surface area contributed by atoms with Gasteiger partial charge in [0, 0.05) is 6.42 Å². The number of phosphoric ester groups is 1. The molecule has 1 fully saturated rings. The van der Waals surface area contributed by atoms with Crippen LogP contribution in [-0.4, -0.2) is 98.9 Å². The van der Waals surface area contributed by atoms with Crippen LogP contribution in [0.25, 0.3) is 0 Å². The van der Waals surface area contributed by atoms with Crippen LogP contribution in [0.1, 0.15) is 168 Å². The maximum atomic E-state index is 12.8. The van der Waals surface area contributed by atoms with E-state index in [-0.39, 0.29) is 19.6 Å². The smallest absolute Gasteiger partial charge is 0.457 e. The number of esters is 1. The van der Waals surface area contributed by atoms with Crippen LogP contribution in [0.2, 0.25) is 0 Å². The lowest BCUT2D eigenvalue weighted by Gasteiger charge is -2.41. The zero-order valence-electron chi connectivity index (χ0n) is 40.5. The third-order valence-electron chi connectivity index (χ3n) is 11.0. The molecule has 0 aromatic carbocycles. The van der Waals surface area contributed by atoms with E-state index >= 15 is 0 Å². The number of allylic oxidation sites excluding steroid dienone is 15. The van der Waals surface area contributed by atoms with Crippen molar-refractivity contribution in [2.75, 3.05) is 19.8 Å². The summed E-state index contributed by atoms with van der Waals surface area (Å²) in [7, 11) is -5.05. The van der Waals surface area contributed by atoms with Crippen molar-refractivity contribution < 1.29 is 58.3 Å². The Kier molecular flexibility index (Phi) is 39.3. The van der Waals surface area contributed by atoms with Gasteiger partial charge in [0.05, 0.1) is 19.8 Å². The Morgan fingerprint density at radius 3 is 1.36 bits per heavy atom. The number of unbranched alkanes of at least 4 members (excludes halogenated alkanes) is 13. The fourth-order valence-corrected chi connectivity index (χ4v) is 7.99. The van der Waals surface area contributed by atoms with Crippen molar-refractivity contribution >= 4 is 13.8 Å². The van der Waals surface area contributed by atoms with E-state index in [0.717, 1.165) is 77.0 Å². The second-order valence-electron chi connectivity index (χ2n) is 16.9. The molecule has 0 amide bonds. The monoisotopic (exact) mass is 949 g/mol. The number of phosphoric acid groups is 1. The van der Waals surface area contributed by atoms with Gasteiger partial charge in [-0.05, 0) is 83.5 Å². The number of aliphatic hydroxyl groups excluding tert-OH is 5. The van der Waals surface area contributed by atoms with Crippen molar-refractivity contribution in [1.29, 1.82) is 0 Å². The van der Waals surface area contributed by atoms with Gasteiger partial charge in [-0.1, -0.05) is 175 Å². The van der Waals surface area contributed by atoms with Crippen molar-refractivity contribution in [2.24, 2.45) is 0 Å². The van der Waals surface area contributed by atoms with Gasteiger partial charge in [-0.15, -0.1) is 0 Å². The molecule has 0 saturated heterocycles. The predicted molar refractivity (Wildman–Crippen MR) is 267 cm³/mol. The molecule has 0 bridgehead atoms. The highest BCUT2D eigenvalue weighted by Gasteiger charge is 2.51. The largest absolute Gasteiger partial charge is 0.472 e. The summed E-state index contributed by atoms with van der Waals surface area (Å²) in [5.41, 5.74) is 0. The molecule has 0 spiro atoms. The molecular formula is C53H89O12P. The van der Waals surface area contributed by atoms with Crippen LogP contribution in [0.5, 0.6) is 0 Å². The van der Waals surface area contributed by atoms with E-state index in [4.69, 9.17) is 18.5 Å². The second kappa shape index (κ2) is 42.4. The Morgan fingerprint density at radius 1 is 0.500 bits per heavy atom. The second-order valence-corrected chi connectivity index (χ2v) is 18.3. The number of carbonyl (C=O) groups is 1. The molecule has 6 atom stereocenters. The molecule has 0 aliphatic heterocycles. The van der Waals surface area contributed by atoms with Crippen LogP contribution in [0.3, 0.4) is 0 Å². The lowest BCUT2D eigenvalue weighted by molar-refractivity contribution is -0.220. The summed E-state index contributed by atoms with van der Waals surface area (Å²) in [6.45, 7) is 3.91. The van der Waals surface area contributed by atoms with Gasteiger partial charge in [0.15, 0.2) is 0 Å². The topological polar surface area (TPSA) is 192 Å². The minimum Gasteiger partial charge on any atom is -0.457 e. The van der Waals surface area contributed by atoms with Crippen molar-refractivity contribution in [1.82, 2.24) is 0 Å². The molecule has 1 aliphatic carbocycles. The highest BCUT2D eigenvalue weighted by atomic mass is 31.2. The molecule has 6 unspecified atom stereocenters. The highest BCUT2D eigenvalue weighted by molar-refractivity contribution is 7.47. The van der Waals surface area contributed by atoms with Crippen LogP contribution in [0.4, 0.5) is 0 Å². The van der Waals surface area contributed by atoms with Gasteiger partial charge in [0.2, 0.25) is 0 Å². The zero-order chi connectivity index (χ0) is 48.4. The van der Waals surface area contributed by atoms with Gasteiger partial charge in [-0.3, -0.25) is 13.8 Å². The van der Waals surface area contributed by atoms with Gasteiger partial charge in [0.1, 0.15) is 42.7 Å². The summed E-state index contributed by atoms with van der Waals surface area (Å²) in [4.78, 5) is 23.2. The number of hydrogen-bond donors (Lipinski definition) is 6. The molecule has 1 aliphatic rings. The summed E-state index contributed by atoms with van der Waals surface area (Å²) in [5.74, 6) is -0.513. The predicted octanol–water partition coefficient (Wildman–Crippen LogP) is 11.1. The molecule has 13 heteroatoms. The third-order valence-corrected chi connectivity index (χ3v) is 11.9. The van der Waals surface area contributed by atoms with Crippen molar-refractivity contribution in [3.05, 3.63) is 97.2 Å². The van der Waals surface area contributed by atoms with E-state index in [1.165, 1.54) is 57.8 Å². The molecule has 0 aromatic heterocycles. The van der Waals surface area contributed by atoms with Crippen LogP contribution < -0.4 is 0 Å². The summed E-state index contributed by atoms with van der Waals surface area (Å²) in [6.07, 6.45) is 46.4. The summed E-state index contributed by atoms with van der Waals surface area (Å²) < 4.78 is 34.1. The fourth-order valence-electron chi connectivity index (χ4n) is 7.01. The normalized spacial score (nSPS) is 22.2. The minimum atomic E-state index is -5.05. The number of hydrogen-bond acceptors (Lipinski definition) is 11. The SMILES string of the molecule is CC/C=C\C/C=C\C/C=C\C/C=C\C/C=C\CCOCC(COP(=O)(O)OC1C(O)C(O)C(O)C(O)C1O)OC(=O)CCCCCCCCCC/C=C\C/C=C\C/C=C\CCCCCCC. The summed E-state index contributed by atoms with van der Waals surface area (Å²) in [6, 6.07) is 0. The minimum absolute atomic E-state index is 0.140. The van der Waals surface area contributed by atoms with E-state index < -0.39 is 63.1 Å². The quantitative estimate of drug-likeness (QED) is 0.0147.